The van der Waals surface area contributed by atoms with E-state index in [-0.39, 0.29) is 0 Å². The van der Waals surface area contributed by atoms with E-state index < -0.39 is 0 Å². The number of aryl methyl sites for hydroxylation is 1. The SMILES string of the molecule is C=C(C)O/C(=N\N)c1cc(-c2ccccc2)c(C)s1. The second-order valence-corrected chi connectivity index (χ2v) is 5.44. The molecule has 0 unspecified atom stereocenters. The summed E-state index contributed by atoms with van der Waals surface area (Å²) in [6, 6.07) is 12.3. The fourth-order valence-electron chi connectivity index (χ4n) is 1.80. The van der Waals surface area contributed by atoms with Gasteiger partial charge in [0, 0.05) is 4.88 Å². The van der Waals surface area contributed by atoms with Crippen LogP contribution in [0.25, 0.3) is 11.1 Å². The number of nitrogens with zero attached hydrogens (tertiary/aromatic N) is 1. The second-order valence-electron chi connectivity index (χ2n) is 4.18. The third kappa shape index (κ3) is 3.03. The molecule has 0 aliphatic carbocycles. The Hall–Kier alpha value is -2.07. The maximum atomic E-state index is 5.43. The number of hydrogen-bond donors (Lipinski definition) is 1. The fourth-order valence-corrected chi connectivity index (χ4v) is 2.77. The van der Waals surface area contributed by atoms with E-state index in [4.69, 9.17) is 10.6 Å². The van der Waals surface area contributed by atoms with Gasteiger partial charge in [0.1, 0.15) is 0 Å². The van der Waals surface area contributed by atoms with Gasteiger partial charge in [-0.3, -0.25) is 0 Å². The van der Waals surface area contributed by atoms with Gasteiger partial charge in [-0.15, -0.1) is 16.4 Å². The van der Waals surface area contributed by atoms with Crippen LogP contribution in [0.15, 0.2) is 53.8 Å². The smallest absolute Gasteiger partial charge is 0.252 e. The van der Waals surface area contributed by atoms with Gasteiger partial charge in [0.15, 0.2) is 0 Å². The second kappa shape index (κ2) is 5.71. The zero-order valence-corrected chi connectivity index (χ0v) is 11.8. The van der Waals surface area contributed by atoms with E-state index >= 15 is 0 Å². The summed E-state index contributed by atoms with van der Waals surface area (Å²) in [7, 11) is 0. The molecule has 0 spiro atoms. The van der Waals surface area contributed by atoms with Gasteiger partial charge >= 0.3 is 0 Å². The van der Waals surface area contributed by atoms with Crippen molar-refractivity contribution in [3.63, 3.8) is 0 Å². The van der Waals surface area contributed by atoms with Gasteiger partial charge in [-0.05, 0) is 31.0 Å². The number of rotatable bonds is 3. The molecule has 0 bridgehead atoms. The lowest BCUT2D eigenvalue weighted by Gasteiger charge is -2.04. The molecule has 2 rings (SSSR count). The fraction of sp³-hybridized carbons (Fsp3) is 0.133. The van der Waals surface area contributed by atoms with Gasteiger partial charge in [-0.25, -0.2) is 0 Å². The quantitative estimate of drug-likeness (QED) is 0.303. The summed E-state index contributed by atoms with van der Waals surface area (Å²) in [5, 5.41) is 3.69. The van der Waals surface area contributed by atoms with Crippen molar-refractivity contribution >= 4 is 17.2 Å². The number of ether oxygens (including phenoxy) is 1. The van der Waals surface area contributed by atoms with Crippen LogP contribution in [-0.2, 0) is 4.74 Å². The van der Waals surface area contributed by atoms with Crippen LogP contribution in [0.1, 0.15) is 16.7 Å². The van der Waals surface area contributed by atoms with E-state index in [1.165, 1.54) is 16.0 Å². The van der Waals surface area contributed by atoms with Crippen molar-refractivity contribution in [2.24, 2.45) is 10.9 Å². The Morgan fingerprint density at radius 2 is 2.00 bits per heavy atom. The van der Waals surface area contributed by atoms with E-state index in [9.17, 15) is 0 Å². The number of hydrogen-bond acceptors (Lipinski definition) is 4. The van der Waals surface area contributed by atoms with Crippen LogP contribution < -0.4 is 5.84 Å². The van der Waals surface area contributed by atoms with Crippen LogP contribution in [0, 0.1) is 6.92 Å². The molecule has 2 aromatic rings. The lowest BCUT2D eigenvalue weighted by atomic mass is 10.1. The van der Waals surface area contributed by atoms with Crippen LogP contribution in [-0.4, -0.2) is 5.90 Å². The molecule has 0 atom stereocenters. The number of hydrazone groups is 1. The average molecular weight is 272 g/mol. The van der Waals surface area contributed by atoms with Crippen molar-refractivity contribution < 1.29 is 4.74 Å². The van der Waals surface area contributed by atoms with Gasteiger partial charge in [0.05, 0.1) is 10.6 Å². The molecule has 0 fully saturated rings. The Balaban J connectivity index is 2.39. The first-order valence-corrected chi connectivity index (χ1v) is 6.71. The van der Waals surface area contributed by atoms with Gasteiger partial charge in [0.2, 0.25) is 0 Å². The molecule has 3 nitrogen and oxygen atoms in total. The summed E-state index contributed by atoms with van der Waals surface area (Å²) in [4.78, 5) is 2.11. The van der Waals surface area contributed by atoms with Crippen molar-refractivity contribution in [1.29, 1.82) is 0 Å². The molecule has 1 heterocycles. The largest absolute Gasteiger partial charge is 0.442 e. The monoisotopic (exact) mass is 272 g/mol. The minimum Gasteiger partial charge on any atom is -0.442 e. The van der Waals surface area contributed by atoms with Gasteiger partial charge in [0.25, 0.3) is 5.90 Å². The molecule has 0 aliphatic rings. The minimum absolute atomic E-state index is 0.405. The first-order valence-electron chi connectivity index (χ1n) is 5.89. The van der Waals surface area contributed by atoms with E-state index in [2.05, 4.69) is 30.7 Å². The highest BCUT2D eigenvalue weighted by molar-refractivity contribution is 7.14. The van der Waals surface area contributed by atoms with Crippen LogP contribution in [0.3, 0.4) is 0 Å². The topological polar surface area (TPSA) is 47.6 Å². The first kappa shape index (κ1) is 13.4. The molecule has 1 aromatic heterocycles. The summed E-state index contributed by atoms with van der Waals surface area (Å²) < 4.78 is 5.43. The molecule has 0 saturated heterocycles. The molecule has 0 amide bonds. The maximum absolute atomic E-state index is 5.43. The van der Waals surface area contributed by atoms with Crippen LogP contribution >= 0.6 is 11.3 Å². The van der Waals surface area contributed by atoms with E-state index in [1.807, 2.05) is 24.3 Å². The zero-order valence-electron chi connectivity index (χ0n) is 11.0. The number of nitrogens with two attached hydrogens (primary N) is 1. The molecule has 19 heavy (non-hydrogen) atoms. The Morgan fingerprint density at radius 1 is 1.32 bits per heavy atom. The Labute approximate surface area is 117 Å². The zero-order chi connectivity index (χ0) is 13.8. The highest BCUT2D eigenvalue weighted by Crippen LogP contribution is 2.31. The highest BCUT2D eigenvalue weighted by atomic mass is 32.1. The van der Waals surface area contributed by atoms with Crippen molar-refractivity contribution in [3.05, 3.63) is 58.5 Å². The molecule has 2 N–H and O–H groups in total. The number of benzene rings is 1. The van der Waals surface area contributed by atoms with Crippen LogP contribution in [0.5, 0.6) is 0 Å². The molecule has 1 aromatic carbocycles. The van der Waals surface area contributed by atoms with Gasteiger partial charge in [-0.2, -0.15) is 0 Å². The molecule has 98 valence electrons. The minimum atomic E-state index is 0.405. The van der Waals surface area contributed by atoms with Crippen molar-refractivity contribution in [1.82, 2.24) is 0 Å². The third-order valence-electron chi connectivity index (χ3n) is 2.60. The molecule has 0 aliphatic heterocycles. The van der Waals surface area contributed by atoms with Crippen molar-refractivity contribution in [2.75, 3.05) is 0 Å². The van der Waals surface area contributed by atoms with E-state index in [0.717, 1.165) is 4.88 Å². The average Bonchev–Trinajstić information content (AvgIpc) is 2.79. The van der Waals surface area contributed by atoms with Gasteiger partial charge in [-0.1, -0.05) is 36.9 Å². The summed E-state index contributed by atoms with van der Waals surface area (Å²) >= 11 is 1.61. The summed E-state index contributed by atoms with van der Waals surface area (Å²) in [6.07, 6.45) is 0. The summed E-state index contributed by atoms with van der Waals surface area (Å²) in [6.45, 7) is 7.54. The Kier molecular flexibility index (Phi) is 4.02. The molecule has 4 heteroatoms. The molecular weight excluding hydrogens is 256 g/mol. The van der Waals surface area contributed by atoms with E-state index in [0.29, 0.717) is 11.7 Å². The molecule has 0 radical (unpaired) electrons. The third-order valence-corrected chi connectivity index (χ3v) is 3.64. The van der Waals surface area contributed by atoms with Crippen LogP contribution in [0.2, 0.25) is 0 Å². The lowest BCUT2D eigenvalue weighted by molar-refractivity contribution is 0.420. The maximum Gasteiger partial charge on any atom is 0.252 e. The molecular formula is C15H16N2OS. The highest BCUT2D eigenvalue weighted by Gasteiger charge is 2.13. The van der Waals surface area contributed by atoms with Crippen molar-refractivity contribution in [2.45, 2.75) is 13.8 Å². The normalized spacial score (nSPS) is 11.4. The predicted molar refractivity (Wildman–Crippen MR) is 81.1 cm³/mol. The lowest BCUT2D eigenvalue weighted by Crippen LogP contribution is -2.05. The number of thiophene rings is 1. The standard InChI is InChI=1S/C15H16N2OS/c1-10(2)18-15(17-16)14-9-13(11(3)19-14)12-7-5-4-6-8-12/h4-9H,1,16H2,2-3H3/b17-15-. The van der Waals surface area contributed by atoms with Gasteiger partial charge < -0.3 is 10.6 Å². The summed E-state index contributed by atoms with van der Waals surface area (Å²) in [5.41, 5.74) is 2.35. The van der Waals surface area contributed by atoms with Crippen LogP contribution in [0.4, 0.5) is 0 Å². The van der Waals surface area contributed by atoms with E-state index in [1.54, 1.807) is 18.3 Å². The first-order chi connectivity index (χ1) is 9.11. The van der Waals surface area contributed by atoms with Crippen molar-refractivity contribution in [3.8, 4) is 11.1 Å². The number of allylic oxidation sites excluding steroid dienone is 1. The molecule has 0 saturated carbocycles. The Bertz CT molecular complexity index is 614. The Morgan fingerprint density at radius 3 is 2.58 bits per heavy atom. The summed E-state index contributed by atoms with van der Waals surface area (Å²) in [5.74, 6) is 6.35. The predicted octanol–water partition coefficient (Wildman–Crippen LogP) is 3.89.